The zero-order valence-electron chi connectivity index (χ0n) is 14.6. The number of carbonyl (C=O) groups excluding carboxylic acids is 1. The Morgan fingerprint density at radius 1 is 1.25 bits per heavy atom. The summed E-state index contributed by atoms with van der Waals surface area (Å²) in [5.74, 6) is -0.945. The SMILES string of the molecule is CN=C(NCC(C)(C)C(=O)NC)NC1CCCC(C(F)(F)F)C1.I. The van der Waals surface area contributed by atoms with Crippen molar-refractivity contribution in [1.29, 1.82) is 0 Å². The summed E-state index contributed by atoms with van der Waals surface area (Å²) in [6.45, 7) is 3.90. The Kier molecular flexibility index (Phi) is 9.37. The lowest BCUT2D eigenvalue weighted by Gasteiger charge is -2.32. The molecule has 1 aliphatic rings. The summed E-state index contributed by atoms with van der Waals surface area (Å²) >= 11 is 0. The van der Waals surface area contributed by atoms with Crippen LogP contribution >= 0.6 is 24.0 Å². The van der Waals surface area contributed by atoms with Gasteiger partial charge in [0.25, 0.3) is 0 Å². The van der Waals surface area contributed by atoms with Crippen LogP contribution in [0, 0.1) is 11.3 Å². The van der Waals surface area contributed by atoms with E-state index in [-0.39, 0.29) is 48.8 Å². The molecular formula is C15H28F3IN4O. The molecule has 0 radical (unpaired) electrons. The lowest BCUT2D eigenvalue weighted by atomic mass is 9.85. The highest BCUT2D eigenvalue weighted by atomic mass is 127. The molecule has 5 nitrogen and oxygen atoms in total. The van der Waals surface area contributed by atoms with Gasteiger partial charge in [0.15, 0.2) is 5.96 Å². The number of amides is 1. The highest BCUT2D eigenvalue weighted by Gasteiger charge is 2.42. The van der Waals surface area contributed by atoms with Gasteiger partial charge in [-0.05, 0) is 33.1 Å². The van der Waals surface area contributed by atoms with E-state index in [2.05, 4.69) is 20.9 Å². The van der Waals surface area contributed by atoms with E-state index in [1.54, 1.807) is 27.9 Å². The van der Waals surface area contributed by atoms with Gasteiger partial charge >= 0.3 is 6.18 Å². The quantitative estimate of drug-likeness (QED) is 0.341. The van der Waals surface area contributed by atoms with Gasteiger partial charge in [-0.3, -0.25) is 9.79 Å². The van der Waals surface area contributed by atoms with E-state index in [1.807, 2.05) is 0 Å². The Labute approximate surface area is 158 Å². The molecule has 2 unspecified atom stereocenters. The third kappa shape index (κ3) is 7.02. The molecular weight excluding hydrogens is 436 g/mol. The Morgan fingerprint density at radius 3 is 2.38 bits per heavy atom. The van der Waals surface area contributed by atoms with Crippen LogP contribution in [0.3, 0.4) is 0 Å². The number of aliphatic imine (C=N–C) groups is 1. The molecule has 0 saturated heterocycles. The number of hydrogen-bond donors (Lipinski definition) is 3. The summed E-state index contributed by atoms with van der Waals surface area (Å²) in [4.78, 5) is 15.8. The first-order chi connectivity index (χ1) is 10.6. The summed E-state index contributed by atoms with van der Waals surface area (Å²) in [6.07, 6.45) is -2.66. The van der Waals surface area contributed by atoms with Crippen molar-refractivity contribution >= 4 is 35.8 Å². The van der Waals surface area contributed by atoms with Crippen molar-refractivity contribution < 1.29 is 18.0 Å². The molecule has 24 heavy (non-hydrogen) atoms. The maximum absolute atomic E-state index is 12.8. The molecule has 1 saturated carbocycles. The maximum Gasteiger partial charge on any atom is 0.391 e. The second-order valence-corrected chi connectivity index (χ2v) is 6.64. The van der Waals surface area contributed by atoms with E-state index in [0.717, 1.165) is 0 Å². The second kappa shape index (κ2) is 9.67. The molecule has 1 amide bonds. The number of guanidine groups is 1. The van der Waals surface area contributed by atoms with E-state index >= 15 is 0 Å². The minimum Gasteiger partial charge on any atom is -0.359 e. The Balaban J connectivity index is 0.00000529. The predicted octanol–water partition coefficient (Wildman–Crippen LogP) is 2.66. The van der Waals surface area contributed by atoms with Crippen LogP contribution < -0.4 is 16.0 Å². The van der Waals surface area contributed by atoms with Crippen molar-refractivity contribution in [2.24, 2.45) is 16.3 Å². The normalized spacial score (nSPS) is 22.4. The van der Waals surface area contributed by atoms with Gasteiger partial charge in [0, 0.05) is 26.7 Å². The van der Waals surface area contributed by atoms with Crippen LogP contribution in [0.25, 0.3) is 0 Å². The Bertz CT molecular complexity index is 441. The summed E-state index contributed by atoms with van der Waals surface area (Å²) in [7, 11) is 3.13. The molecule has 1 fully saturated rings. The van der Waals surface area contributed by atoms with Gasteiger partial charge in [0.1, 0.15) is 0 Å². The zero-order chi connectivity index (χ0) is 17.7. The van der Waals surface area contributed by atoms with Gasteiger partial charge in [0.05, 0.1) is 11.3 Å². The van der Waals surface area contributed by atoms with Crippen LogP contribution in [0.1, 0.15) is 39.5 Å². The fourth-order valence-corrected chi connectivity index (χ4v) is 2.73. The van der Waals surface area contributed by atoms with Crippen molar-refractivity contribution in [2.45, 2.75) is 51.7 Å². The molecule has 1 rings (SSSR count). The largest absolute Gasteiger partial charge is 0.391 e. The first kappa shape index (κ1) is 23.3. The molecule has 0 heterocycles. The highest BCUT2D eigenvalue weighted by Crippen LogP contribution is 2.37. The summed E-state index contributed by atoms with van der Waals surface area (Å²) in [5.41, 5.74) is -0.645. The van der Waals surface area contributed by atoms with E-state index < -0.39 is 17.5 Å². The summed E-state index contributed by atoms with van der Waals surface area (Å²) < 4.78 is 38.5. The van der Waals surface area contributed by atoms with Crippen molar-refractivity contribution in [3.8, 4) is 0 Å². The van der Waals surface area contributed by atoms with E-state index in [9.17, 15) is 18.0 Å². The monoisotopic (exact) mass is 464 g/mol. The molecule has 2 atom stereocenters. The van der Waals surface area contributed by atoms with Gasteiger partial charge < -0.3 is 16.0 Å². The number of hydrogen-bond acceptors (Lipinski definition) is 2. The number of halogens is 4. The molecule has 3 N–H and O–H groups in total. The molecule has 0 aromatic carbocycles. The molecule has 0 bridgehead atoms. The third-order valence-electron chi connectivity index (χ3n) is 4.24. The fourth-order valence-electron chi connectivity index (χ4n) is 2.73. The molecule has 0 aromatic rings. The Hall–Kier alpha value is -0.740. The van der Waals surface area contributed by atoms with Crippen LogP contribution in [0.2, 0.25) is 0 Å². The van der Waals surface area contributed by atoms with Crippen LogP contribution in [0.5, 0.6) is 0 Å². The number of nitrogens with one attached hydrogen (secondary N) is 3. The first-order valence-electron chi connectivity index (χ1n) is 7.86. The maximum atomic E-state index is 12.8. The standard InChI is InChI=1S/C15H27F3N4O.HI/c1-14(2,12(23)19-3)9-21-13(20-4)22-11-7-5-6-10(8-11)15(16,17)18;/h10-11H,5-9H2,1-4H3,(H,19,23)(H2,20,21,22);1H. The minimum absolute atomic E-state index is 0. The number of rotatable bonds is 4. The predicted molar refractivity (Wildman–Crippen MR) is 99.6 cm³/mol. The van der Waals surface area contributed by atoms with Gasteiger partial charge in [-0.1, -0.05) is 6.42 Å². The van der Waals surface area contributed by atoms with E-state index in [1.165, 1.54) is 0 Å². The van der Waals surface area contributed by atoms with Gasteiger partial charge in [-0.2, -0.15) is 13.2 Å². The van der Waals surface area contributed by atoms with E-state index in [0.29, 0.717) is 25.3 Å². The highest BCUT2D eigenvalue weighted by molar-refractivity contribution is 14.0. The molecule has 142 valence electrons. The molecule has 0 aromatic heterocycles. The van der Waals surface area contributed by atoms with Crippen LogP contribution in [0.4, 0.5) is 13.2 Å². The van der Waals surface area contributed by atoms with Crippen molar-refractivity contribution in [2.75, 3.05) is 20.6 Å². The van der Waals surface area contributed by atoms with Gasteiger partial charge in [-0.15, -0.1) is 24.0 Å². The third-order valence-corrected chi connectivity index (χ3v) is 4.24. The minimum atomic E-state index is -4.14. The number of nitrogens with zero attached hydrogens (tertiary/aromatic N) is 1. The second-order valence-electron chi connectivity index (χ2n) is 6.64. The van der Waals surface area contributed by atoms with Gasteiger partial charge in [0.2, 0.25) is 5.91 Å². The zero-order valence-corrected chi connectivity index (χ0v) is 16.9. The average molecular weight is 464 g/mol. The Morgan fingerprint density at radius 2 is 1.88 bits per heavy atom. The topological polar surface area (TPSA) is 65.5 Å². The lowest BCUT2D eigenvalue weighted by Crippen LogP contribution is -2.50. The first-order valence-corrected chi connectivity index (χ1v) is 7.86. The molecule has 9 heteroatoms. The van der Waals surface area contributed by atoms with Crippen LogP contribution in [0.15, 0.2) is 4.99 Å². The molecule has 1 aliphatic carbocycles. The molecule has 0 spiro atoms. The fraction of sp³-hybridized carbons (Fsp3) is 0.867. The van der Waals surface area contributed by atoms with Crippen LogP contribution in [-0.4, -0.2) is 44.7 Å². The van der Waals surface area contributed by atoms with Crippen molar-refractivity contribution in [3.05, 3.63) is 0 Å². The average Bonchev–Trinajstić information content (AvgIpc) is 2.49. The van der Waals surface area contributed by atoms with Gasteiger partial charge in [-0.25, -0.2) is 0 Å². The number of carbonyl (C=O) groups is 1. The van der Waals surface area contributed by atoms with Crippen molar-refractivity contribution in [3.63, 3.8) is 0 Å². The van der Waals surface area contributed by atoms with E-state index in [4.69, 9.17) is 0 Å². The van der Waals surface area contributed by atoms with Crippen LogP contribution in [-0.2, 0) is 4.79 Å². The summed E-state index contributed by atoms with van der Waals surface area (Å²) in [6, 6.07) is -0.260. The molecule has 0 aliphatic heterocycles. The lowest BCUT2D eigenvalue weighted by molar-refractivity contribution is -0.183. The van der Waals surface area contributed by atoms with Crippen molar-refractivity contribution in [1.82, 2.24) is 16.0 Å². The number of alkyl halides is 3. The summed E-state index contributed by atoms with van der Waals surface area (Å²) in [5, 5.41) is 8.65. The smallest absolute Gasteiger partial charge is 0.359 e.